The van der Waals surface area contributed by atoms with Crippen LogP contribution < -0.4 is 5.32 Å². The molecule has 0 fully saturated rings. The first-order valence-corrected chi connectivity index (χ1v) is 9.48. The van der Waals surface area contributed by atoms with Crippen LogP contribution >= 0.6 is 11.6 Å². The van der Waals surface area contributed by atoms with E-state index in [1.165, 1.54) is 4.80 Å². The highest BCUT2D eigenvalue weighted by molar-refractivity contribution is 6.30. The molecule has 1 amide bonds. The standard InChI is InChI=1S/C21H19ClN6O/c1-27-25-21(24-26-27)16-6-10-18(11-7-16)23-20(29)14-19(28-12-2-3-13-28)15-4-8-17(22)9-5-15/h2-13,19H,14H2,1H3,(H,23,29)/t19-/m1/s1. The molecule has 1 N–H and O–H groups in total. The molecule has 0 aliphatic rings. The summed E-state index contributed by atoms with van der Waals surface area (Å²) in [7, 11) is 1.72. The fourth-order valence-corrected chi connectivity index (χ4v) is 3.25. The fourth-order valence-electron chi connectivity index (χ4n) is 3.13. The Labute approximate surface area is 172 Å². The van der Waals surface area contributed by atoms with Gasteiger partial charge in [-0.15, -0.1) is 10.2 Å². The van der Waals surface area contributed by atoms with Gasteiger partial charge in [0.05, 0.1) is 19.5 Å². The minimum absolute atomic E-state index is 0.0796. The second-order valence-electron chi connectivity index (χ2n) is 6.63. The van der Waals surface area contributed by atoms with Crippen molar-refractivity contribution in [1.29, 1.82) is 0 Å². The number of hydrogen-bond acceptors (Lipinski definition) is 4. The predicted octanol–water partition coefficient (Wildman–Crippen LogP) is 3.95. The van der Waals surface area contributed by atoms with Crippen molar-refractivity contribution in [2.45, 2.75) is 12.5 Å². The summed E-state index contributed by atoms with van der Waals surface area (Å²) in [6.45, 7) is 0. The number of benzene rings is 2. The van der Waals surface area contributed by atoms with Gasteiger partial charge in [-0.2, -0.15) is 4.80 Å². The second kappa shape index (κ2) is 8.28. The maximum atomic E-state index is 12.7. The molecule has 29 heavy (non-hydrogen) atoms. The lowest BCUT2D eigenvalue weighted by molar-refractivity contribution is -0.116. The van der Waals surface area contributed by atoms with Gasteiger partial charge in [0.15, 0.2) is 0 Å². The molecule has 0 radical (unpaired) electrons. The summed E-state index contributed by atoms with van der Waals surface area (Å²) in [6.07, 6.45) is 4.20. The molecule has 0 saturated heterocycles. The lowest BCUT2D eigenvalue weighted by Gasteiger charge is -2.19. The highest BCUT2D eigenvalue weighted by Crippen LogP contribution is 2.25. The van der Waals surface area contributed by atoms with E-state index in [4.69, 9.17) is 11.6 Å². The number of halogens is 1. The Morgan fingerprint density at radius 2 is 1.76 bits per heavy atom. The largest absolute Gasteiger partial charge is 0.346 e. The van der Waals surface area contributed by atoms with Crippen LogP contribution in [0.5, 0.6) is 0 Å². The van der Waals surface area contributed by atoms with E-state index in [9.17, 15) is 4.79 Å². The van der Waals surface area contributed by atoms with Gasteiger partial charge in [0.2, 0.25) is 11.7 Å². The number of rotatable bonds is 6. The first-order chi connectivity index (χ1) is 14.1. The number of nitrogens with zero attached hydrogens (tertiary/aromatic N) is 5. The van der Waals surface area contributed by atoms with E-state index in [-0.39, 0.29) is 11.9 Å². The van der Waals surface area contributed by atoms with Crippen molar-refractivity contribution in [2.75, 3.05) is 5.32 Å². The number of hydrogen-bond donors (Lipinski definition) is 1. The van der Waals surface area contributed by atoms with E-state index in [1.807, 2.05) is 77.6 Å². The normalized spacial score (nSPS) is 11.9. The Bertz CT molecular complexity index is 1090. The van der Waals surface area contributed by atoms with Crippen LogP contribution in [0.3, 0.4) is 0 Å². The zero-order valence-electron chi connectivity index (χ0n) is 15.7. The quantitative estimate of drug-likeness (QED) is 0.526. The van der Waals surface area contributed by atoms with Crippen LogP contribution in [0, 0.1) is 0 Å². The third-order valence-electron chi connectivity index (χ3n) is 4.56. The second-order valence-corrected chi connectivity index (χ2v) is 7.07. The molecule has 4 aromatic rings. The number of nitrogens with one attached hydrogen (secondary N) is 1. The molecule has 0 bridgehead atoms. The third-order valence-corrected chi connectivity index (χ3v) is 4.81. The summed E-state index contributed by atoms with van der Waals surface area (Å²) in [6, 6.07) is 18.7. The zero-order valence-corrected chi connectivity index (χ0v) is 16.5. The molecule has 146 valence electrons. The summed E-state index contributed by atoms with van der Waals surface area (Å²) < 4.78 is 2.02. The van der Waals surface area contributed by atoms with Crippen molar-refractivity contribution in [3.8, 4) is 11.4 Å². The lowest BCUT2D eigenvalue weighted by Crippen LogP contribution is -2.19. The van der Waals surface area contributed by atoms with Gasteiger partial charge in [-0.05, 0) is 59.3 Å². The van der Waals surface area contributed by atoms with E-state index in [0.717, 1.165) is 11.1 Å². The van der Waals surface area contributed by atoms with Crippen molar-refractivity contribution in [3.05, 3.63) is 83.6 Å². The minimum Gasteiger partial charge on any atom is -0.346 e. The number of aryl methyl sites for hydroxylation is 1. The monoisotopic (exact) mass is 406 g/mol. The molecule has 7 nitrogen and oxygen atoms in total. The number of amides is 1. The number of anilines is 1. The molecule has 0 aliphatic carbocycles. The number of tetrazole rings is 1. The topological polar surface area (TPSA) is 77.6 Å². The molecular formula is C21H19ClN6O. The molecule has 0 unspecified atom stereocenters. The van der Waals surface area contributed by atoms with E-state index in [1.54, 1.807) is 7.05 Å². The summed E-state index contributed by atoms with van der Waals surface area (Å²) in [5.41, 5.74) is 2.57. The van der Waals surface area contributed by atoms with Gasteiger partial charge in [-0.1, -0.05) is 23.7 Å². The van der Waals surface area contributed by atoms with E-state index >= 15 is 0 Å². The van der Waals surface area contributed by atoms with Gasteiger partial charge in [-0.3, -0.25) is 4.79 Å². The average Bonchev–Trinajstić information content (AvgIpc) is 3.39. The van der Waals surface area contributed by atoms with Gasteiger partial charge >= 0.3 is 0 Å². The van der Waals surface area contributed by atoms with Crippen LogP contribution in [-0.4, -0.2) is 30.7 Å². The highest BCUT2D eigenvalue weighted by atomic mass is 35.5. The van der Waals surface area contributed by atoms with Gasteiger partial charge in [-0.25, -0.2) is 0 Å². The fraction of sp³-hybridized carbons (Fsp3) is 0.143. The summed E-state index contributed by atoms with van der Waals surface area (Å²) in [5.74, 6) is 0.463. The third kappa shape index (κ3) is 4.52. The highest BCUT2D eigenvalue weighted by Gasteiger charge is 2.17. The van der Waals surface area contributed by atoms with Gasteiger partial charge in [0.1, 0.15) is 0 Å². The lowest BCUT2D eigenvalue weighted by atomic mass is 10.0. The van der Waals surface area contributed by atoms with E-state index in [2.05, 4.69) is 20.7 Å². The van der Waals surface area contributed by atoms with Crippen LogP contribution in [0.1, 0.15) is 18.0 Å². The average molecular weight is 407 g/mol. The number of carbonyl (C=O) groups excluding carboxylic acids is 1. The van der Waals surface area contributed by atoms with Gasteiger partial charge in [0, 0.05) is 28.7 Å². The molecular weight excluding hydrogens is 388 g/mol. The van der Waals surface area contributed by atoms with Crippen LogP contribution in [0.2, 0.25) is 5.02 Å². The Morgan fingerprint density at radius 1 is 1.07 bits per heavy atom. The van der Waals surface area contributed by atoms with E-state index < -0.39 is 0 Å². The smallest absolute Gasteiger partial charge is 0.226 e. The van der Waals surface area contributed by atoms with Crippen LogP contribution in [0.15, 0.2) is 73.1 Å². The SMILES string of the molecule is Cn1nnc(-c2ccc(NC(=O)C[C@H](c3ccc(Cl)cc3)n3cccc3)cc2)n1. The molecule has 2 heterocycles. The molecule has 0 saturated carbocycles. The van der Waals surface area contributed by atoms with Crippen molar-refractivity contribution in [1.82, 2.24) is 24.8 Å². The Balaban J connectivity index is 1.47. The first kappa shape index (κ1) is 18.9. The molecule has 8 heteroatoms. The summed E-state index contributed by atoms with van der Waals surface area (Å²) in [5, 5.41) is 15.6. The Hall–Kier alpha value is -3.45. The Kier molecular flexibility index (Phi) is 5.39. The van der Waals surface area contributed by atoms with Crippen molar-refractivity contribution in [3.63, 3.8) is 0 Å². The first-order valence-electron chi connectivity index (χ1n) is 9.11. The van der Waals surface area contributed by atoms with Crippen LogP contribution in [0.25, 0.3) is 11.4 Å². The molecule has 0 aliphatic heterocycles. The molecule has 2 aromatic carbocycles. The van der Waals surface area contributed by atoms with Crippen molar-refractivity contribution in [2.24, 2.45) is 7.05 Å². The van der Waals surface area contributed by atoms with Crippen LogP contribution in [-0.2, 0) is 11.8 Å². The van der Waals surface area contributed by atoms with Crippen molar-refractivity contribution < 1.29 is 4.79 Å². The summed E-state index contributed by atoms with van der Waals surface area (Å²) in [4.78, 5) is 14.1. The number of carbonyl (C=O) groups is 1. The predicted molar refractivity (Wildman–Crippen MR) is 112 cm³/mol. The Morgan fingerprint density at radius 3 is 2.38 bits per heavy atom. The maximum Gasteiger partial charge on any atom is 0.226 e. The molecule has 0 spiro atoms. The van der Waals surface area contributed by atoms with Gasteiger partial charge in [0.25, 0.3) is 0 Å². The van der Waals surface area contributed by atoms with E-state index in [0.29, 0.717) is 23.0 Å². The number of aromatic nitrogens is 5. The van der Waals surface area contributed by atoms with Crippen molar-refractivity contribution >= 4 is 23.2 Å². The maximum absolute atomic E-state index is 12.7. The minimum atomic E-state index is -0.120. The summed E-state index contributed by atoms with van der Waals surface area (Å²) >= 11 is 6.01. The molecule has 2 aromatic heterocycles. The molecule has 1 atom stereocenters. The van der Waals surface area contributed by atoms with Gasteiger partial charge < -0.3 is 9.88 Å². The zero-order chi connectivity index (χ0) is 20.2. The van der Waals surface area contributed by atoms with Crippen LogP contribution in [0.4, 0.5) is 5.69 Å². The molecule has 4 rings (SSSR count).